The van der Waals surface area contributed by atoms with Crippen LogP contribution in [0.3, 0.4) is 0 Å². The molecule has 5 atom stereocenters. The summed E-state index contributed by atoms with van der Waals surface area (Å²) in [5.74, 6) is 13.8. The lowest BCUT2D eigenvalue weighted by Gasteiger charge is -2.39. The molecule has 0 bridgehead atoms. The van der Waals surface area contributed by atoms with E-state index in [4.69, 9.17) is 9.47 Å². The first-order valence-corrected chi connectivity index (χ1v) is 12.6. The highest BCUT2D eigenvalue weighted by atomic mass is 16.7. The minimum absolute atomic E-state index is 0.358. The molecule has 0 aromatic heterocycles. The van der Waals surface area contributed by atoms with E-state index in [-0.39, 0.29) is 0 Å². The first-order valence-electron chi connectivity index (χ1n) is 12.6. The number of hydrogen-bond donors (Lipinski definition) is 5. The Bertz CT molecular complexity index is 1460. The highest BCUT2D eigenvalue weighted by molar-refractivity contribution is 6.00. The number of hydrogen-bond acceptors (Lipinski definition) is 8. The molecule has 39 heavy (non-hydrogen) atoms. The van der Waals surface area contributed by atoms with Crippen molar-refractivity contribution in [3.8, 4) is 29.4 Å². The largest absolute Gasteiger partial charge is 0.462 e. The Balaban J connectivity index is 1.23. The lowest BCUT2D eigenvalue weighted by Crippen LogP contribution is -2.60. The quantitative estimate of drug-likeness (QED) is 0.323. The Labute approximate surface area is 226 Å². The molecule has 2 heterocycles. The summed E-state index contributed by atoms with van der Waals surface area (Å²) in [6.45, 7) is 1.13. The van der Waals surface area contributed by atoms with Crippen LogP contribution >= 0.6 is 0 Å². The molecule has 2 aliphatic heterocycles. The number of amidine groups is 1. The van der Waals surface area contributed by atoms with Gasteiger partial charge < -0.3 is 35.2 Å². The van der Waals surface area contributed by atoms with E-state index in [1.54, 1.807) is 18.2 Å². The Morgan fingerprint density at radius 1 is 0.795 bits per heavy atom. The van der Waals surface area contributed by atoms with Gasteiger partial charge in [-0.2, -0.15) is 0 Å². The van der Waals surface area contributed by atoms with Crippen molar-refractivity contribution in [1.82, 2.24) is 5.32 Å². The van der Waals surface area contributed by atoms with E-state index < -0.39 is 37.3 Å². The molecular formula is C31H28N2O6. The van der Waals surface area contributed by atoms with Gasteiger partial charge in [-0.25, -0.2) is 0 Å². The summed E-state index contributed by atoms with van der Waals surface area (Å²) in [4.78, 5) is 4.46. The Kier molecular flexibility index (Phi) is 8.24. The second-order valence-electron chi connectivity index (χ2n) is 9.16. The molecule has 0 saturated carbocycles. The van der Waals surface area contributed by atoms with E-state index >= 15 is 0 Å². The Hall–Kier alpha value is -4.15. The van der Waals surface area contributed by atoms with Gasteiger partial charge in [0.05, 0.1) is 13.2 Å². The summed E-state index contributed by atoms with van der Waals surface area (Å²) in [7, 11) is 0. The molecule has 0 amide bonds. The fourth-order valence-corrected chi connectivity index (χ4v) is 4.21. The van der Waals surface area contributed by atoms with Crippen LogP contribution in [0.1, 0.15) is 27.8 Å². The van der Waals surface area contributed by atoms with Crippen molar-refractivity contribution in [2.45, 2.75) is 30.7 Å². The molecule has 2 aliphatic rings. The maximum atomic E-state index is 10.2. The van der Waals surface area contributed by atoms with Crippen LogP contribution in [0.2, 0.25) is 0 Å². The number of aliphatic imine (C=N–C) groups is 1. The smallest absolute Gasteiger partial charge is 0.229 e. The summed E-state index contributed by atoms with van der Waals surface area (Å²) in [5.41, 5.74) is 4.30. The normalized spacial score (nSPS) is 23.9. The second kappa shape index (κ2) is 12.1. The standard InChI is InChI=1S/C31H28N2O6/c34-19-26-27(35)28(36)29(37)31(39-26)38-25-6-2-4-23(18-25)14-12-21-9-7-20(8-10-21)11-13-22-3-1-5-24(17-22)30-32-15-16-33-30/h1-10,17-18,26-29,31,34-37H,15-16,19H2,(H,32,33)/t26-,27-,28+,29-,31-/m1/s1. The summed E-state index contributed by atoms with van der Waals surface area (Å²) in [5, 5.41) is 42.7. The van der Waals surface area contributed by atoms with Crippen LogP contribution in [0.15, 0.2) is 77.8 Å². The van der Waals surface area contributed by atoms with Crippen LogP contribution in [0.4, 0.5) is 0 Å². The van der Waals surface area contributed by atoms with E-state index in [9.17, 15) is 20.4 Å². The van der Waals surface area contributed by atoms with E-state index in [0.717, 1.165) is 41.2 Å². The molecule has 198 valence electrons. The van der Waals surface area contributed by atoms with E-state index in [0.29, 0.717) is 11.3 Å². The van der Waals surface area contributed by atoms with Gasteiger partial charge in [0.15, 0.2) is 0 Å². The first kappa shape index (κ1) is 26.5. The number of ether oxygens (including phenoxy) is 2. The molecule has 5 rings (SSSR count). The zero-order valence-corrected chi connectivity index (χ0v) is 21.0. The minimum atomic E-state index is -1.51. The SMILES string of the molecule is OC[C@H]1O[C@@H](Oc2cccc(C#Cc3ccc(C#Cc4cccc(C5=NCCN5)c4)cc3)c2)[C@H](O)[C@@H](O)[C@@H]1O. The third kappa shape index (κ3) is 6.47. The van der Waals surface area contributed by atoms with Crippen LogP contribution < -0.4 is 10.1 Å². The fraction of sp³-hybridized carbons (Fsp3) is 0.258. The molecule has 0 unspecified atom stereocenters. The molecule has 1 fully saturated rings. The second-order valence-corrected chi connectivity index (χ2v) is 9.16. The number of rotatable bonds is 4. The maximum absolute atomic E-state index is 10.2. The van der Waals surface area contributed by atoms with Gasteiger partial charge in [0, 0.05) is 34.4 Å². The highest BCUT2D eigenvalue weighted by Crippen LogP contribution is 2.24. The number of aliphatic hydroxyl groups excluding tert-OH is 4. The predicted molar refractivity (Wildman–Crippen MR) is 145 cm³/mol. The number of aliphatic hydroxyl groups is 4. The minimum Gasteiger partial charge on any atom is -0.462 e. The molecular weight excluding hydrogens is 496 g/mol. The Morgan fingerprint density at radius 2 is 1.44 bits per heavy atom. The zero-order chi connectivity index (χ0) is 27.2. The number of benzene rings is 3. The first-order chi connectivity index (χ1) is 19.0. The van der Waals surface area contributed by atoms with Gasteiger partial charge in [-0.3, -0.25) is 4.99 Å². The lowest BCUT2D eigenvalue weighted by molar-refractivity contribution is -0.277. The van der Waals surface area contributed by atoms with Gasteiger partial charge in [0.1, 0.15) is 36.0 Å². The van der Waals surface area contributed by atoms with Crippen LogP contribution in [0.5, 0.6) is 5.75 Å². The molecule has 3 aromatic rings. The van der Waals surface area contributed by atoms with Crippen molar-refractivity contribution in [2.75, 3.05) is 19.7 Å². The molecule has 8 heteroatoms. The monoisotopic (exact) mass is 524 g/mol. The number of nitrogens with one attached hydrogen (secondary N) is 1. The summed E-state index contributed by atoms with van der Waals surface area (Å²) in [6.07, 6.45) is -6.74. The van der Waals surface area contributed by atoms with E-state index in [1.807, 2.05) is 54.6 Å². The third-order valence-corrected chi connectivity index (χ3v) is 6.33. The molecule has 1 saturated heterocycles. The van der Waals surface area contributed by atoms with Crippen LogP contribution in [-0.2, 0) is 4.74 Å². The van der Waals surface area contributed by atoms with Crippen molar-refractivity contribution in [1.29, 1.82) is 0 Å². The van der Waals surface area contributed by atoms with Crippen molar-refractivity contribution in [3.05, 3.63) is 101 Å². The maximum Gasteiger partial charge on any atom is 0.229 e. The summed E-state index contributed by atoms with van der Waals surface area (Å²) in [6, 6.07) is 22.5. The van der Waals surface area contributed by atoms with Crippen LogP contribution in [0.25, 0.3) is 0 Å². The highest BCUT2D eigenvalue weighted by Gasteiger charge is 2.44. The number of nitrogens with zero attached hydrogens (tertiary/aromatic N) is 1. The predicted octanol–water partition coefficient (Wildman–Crippen LogP) is 1.01. The van der Waals surface area contributed by atoms with Crippen molar-refractivity contribution in [2.24, 2.45) is 4.99 Å². The van der Waals surface area contributed by atoms with Crippen LogP contribution in [-0.4, -0.2) is 76.7 Å². The van der Waals surface area contributed by atoms with Crippen molar-refractivity contribution < 1.29 is 29.9 Å². The van der Waals surface area contributed by atoms with Crippen molar-refractivity contribution >= 4 is 5.84 Å². The van der Waals surface area contributed by atoms with Gasteiger partial charge in [-0.15, -0.1) is 0 Å². The Morgan fingerprint density at radius 3 is 2.08 bits per heavy atom. The fourth-order valence-electron chi connectivity index (χ4n) is 4.21. The molecule has 3 aromatic carbocycles. The molecule has 8 nitrogen and oxygen atoms in total. The van der Waals surface area contributed by atoms with Gasteiger partial charge in [-0.05, 0) is 54.6 Å². The lowest BCUT2D eigenvalue weighted by atomic mass is 9.99. The zero-order valence-electron chi connectivity index (χ0n) is 21.0. The van der Waals surface area contributed by atoms with Gasteiger partial charge in [0.2, 0.25) is 6.29 Å². The van der Waals surface area contributed by atoms with E-state index in [2.05, 4.69) is 34.0 Å². The van der Waals surface area contributed by atoms with Crippen LogP contribution in [0, 0.1) is 23.7 Å². The third-order valence-electron chi connectivity index (χ3n) is 6.33. The van der Waals surface area contributed by atoms with Gasteiger partial charge in [-0.1, -0.05) is 41.9 Å². The summed E-state index contributed by atoms with van der Waals surface area (Å²) >= 11 is 0. The van der Waals surface area contributed by atoms with E-state index in [1.165, 1.54) is 0 Å². The topological polar surface area (TPSA) is 124 Å². The molecule has 5 N–H and O–H groups in total. The van der Waals surface area contributed by atoms with Gasteiger partial charge >= 0.3 is 0 Å². The molecule has 0 radical (unpaired) electrons. The average Bonchev–Trinajstić information content (AvgIpc) is 3.52. The average molecular weight is 525 g/mol. The van der Waals surface area contributed by atoms with Crippen molar-refractivity contribution in [3.63, 3.8) is 0 Å². The molecule has 0 spiro atoms. The molecule has 0 aliphatic carbocycles. The summed E-state index contributed by atoms with van der Waals surface area (Å²) < 4.78 is 11.1. The van der Waals surface area contributed by atoms with Gasteiger partial charge in [0.25, 0.3) is 0 Å².